The molecule has 2 atom stereocenters. The fourth-order valence-corrected chi connectivity index (χ4v) is 2.78. The number of nitro groups is 1. The number of rotatable bonds is 3. The number of hydrogen-bond donors (Lipinski definition) is 1. The number of piperidine rings is 1. The Morgan fingerprint density at radius 2 is 2.14 bits per heavy atom. The van der Waals surface area contributed by atoms with Crippen LogP contribution in [0, 0.1) is 16.0 Å². The minimum absolute atomic E-state index is 0.143. The first-order valence-corrected chi connectivity index (χ1v) is 7.16. The largest absolute Gasteiger partial charge is 0.480 e. The van der Waals surface area contributed by atoms with Crippen molar-refractivity contribution >= 4 is 29.2 Å². The number of benzene rings is 1. The van der Waals surface area contributed by atoms with Gasteiger partial charge in [-0.1, -0.05) is 18.5 Å². The van der Waals surface area contributed by atoms with E-state index in [0.717, 1.165) is 6.07 Å². The van der Waals surface area contributed by atoms with E-state index in [-0.39, 0.29) is 23.0 Å². The van der Waals surface area contributed by atoms with Gasteiger partial charge in [0.05, 0.1) is 4.92 Å². The fraction of sp³-hybridized carbons (Fsp3) is 0.429. The van der Waals surface area contributed by atoms with Crippen LogP contribution in [0.4, 0.5) is 5.69 Å². The molecule has 1 saturated heterocycles. The summed E-state index contributed by atoms with van der Waals surface area (Å²) in [5, 5.41) is 20.5. The lowest BCUT2D eigenvalue weighted by Crippen LogP contribution is -2.49. The second-order valence-corrected chi connectivity index (χ2v) is 5.84. The normalized spacial score (nSPS) is 21.5. The van der Waals surface area contributed by atoms with Crippen molar-refractivity contribution in [3.8, 4) is 0 Å². The maximum atomic E-state index is 12.6. The minimum Gasteiger partial charge on any atom is -0.480 e. The van der Waals surface area contributed by atoms with Crippen LogP contribution in [-0.2, 0) is 4.79 Å². The molecule has 2 unspecified atom stereocenters. The Morgan fingerprint density at radius 1 is 1.45 bits per heavy atom. The van der Waals surface area contributed by atoms with Gasteiger partial charge in [0.2, 0.25) is 0 Å². The van der Waals surface area contributed by atoms with Crippen molar-refractivity contribution < 1.29 is 19.6 Å². The number of carbonyl (C=O) groups is 2. The van der Waals surface area contributed by atoms with Gasteiger partial charge < -0.3 is 10.0 Å². The average Bonchev–Trinajstić information content (AvgIpc) is 2.46. The molecule has 1 N–H and O–H groups in total. The topological polar surface area (TPSA) is 101 Å². The number of carboxylic acids is 1. The molecule has 8 heteroatoms. The third-order valence-corrected chi connectivity index (χ3v) is 4.03. The highest BCUT2D eigenvalue weighted by Crippen LogP contribution is 2.29. The highest BCUT2D eigenvalue weighted by Gasteiger charge is 2.37. The summed E-state index contributed by atoms with van der Waals surface area (Å²) in [7, 11) is 0. The van der Waals surface area contributed by atoms with E-state index in [4.69, 9.17) is 11.6 Å². The molecule has 1 amide bonds. The number of amides is 1. The Hall–Kier alpha value is -2.15. The summed E-state index contributed by atoms with van der Waals surface area (Å²) in [6.07, 6.45) is 0.999. The maximum absolute atomic E-state index is 12.6. The zero-order valence-electron chi connectivity index (χ0n) is 11.9. The summed E-state index contributed by atoms with van der Waals surface area (Å²) >= 11 is 5.73. The molecule has 118 valence electrons. The first-order valence-electron chi connectivity index (χ1n) is 6.79. The van der Waals surface area contributed by atoms with Crippen LogP contribution in [0.2, 0.25) is 5.02 Å². The molecule has 0 spiro atoms. The third kappa shape index (κ3) is 3.19. The van der Waals surface area contributed by atoms with Crippen LogP contribution in [-0.4, -0.2) is 39.4 Å². The van der Waals surface area contributed by atoms with Crippen LogP contribution >= 0.6 is 11.6 Å². The zero-order chi connectivity index (χ0) is 16.4. The van der Waals surface area contributed by atoms with Crippen molar-refractivity contribution in [1.82, 2.24) is 4.90 Å². The quantitative estimate of drug-likeness (QED) is 0.679. The van der Waals surface area contributed by atoms with Gasteiger partial charge in [0.25, 0.3) is 11.6 Å². The van der Waals surface area contributed by atoms with Crippen LogP contribution in [0.5, 0.6) is 0 Å². The molecule has 1 aromatic carbocycles. The highest BCUT2D eigenvalue weighted by atomic mass is 35.5. The van der Waals surface area contributed by atoms with E-state index in [1.807, 2.05) is 6.92 Å². The van der Waals surface area contributed by atoms with E-state index in [0.29, 0.717) is 12.8 Å². The number of aliphatic carboxylic acids is 1. The monoisotopic (exact) mass is 326 g/mol. The summed E-state index contributed by atoms with van der Waals surface area (Å²) in [4.78, 5) is 35.5. The van der Waals surface area contributed by atoms with E-state index in [9.17, 15) is 24.8 Å². The Kier molecular flexibility index (Phi) is 4.65. The molecular weight excluding hydrogens is 312 g/mol. The van der Waals surface area contributed by atoms with E-state index in [1.165, 1.54) is 17.0 Å². The molecule has 7 nitrogen and oxygen atoms in total. The van der Waals surface area contributed by atoms with Gasteiger partial charge in [0, 0.05) is 17.6 Å². The van der Waals surface area contributed by atoms with Crippen molar-refractivity contribution in [3.63, 3.8) is 0 Å². The van der Waals surface area contributed by atoms with Crippen LogP contribution in [0.3, 0.4) is 0 Å². The molecule has 0 radical (unpaired) electrons. The van der Waals surface area contributed by atoms with Crippen LogP contribution in [0.15, 0.2) is 18.2 Å². The smallest absolute Gasteiger partial charge is 0.326 e. The van der Waals surface area contributed by atoms with Gasteiger partial charge in [-0.15, -0.1) is 0 Å². The number of hydrogen-bond acceptors (Lipinski definition) is 4. The predicted octanol–water partition coefficient (Wildman–Crippen LogP) is 2.57. The number of likely N-dealkylation sites (tertiary alicyclic amines) is 1. The van der Waals surface area contributed by atoms with E-state index in [2.05, 4.69) is 0 Å². The first kappa shape index (κ1) is 16.2. The van der Waals surface area contributed by atoms with Crippen LogP contribution in [0.1, 0.15) is 30.1 Å². The molecule has 1 aromatic rings. The van der Waals surface area contributed by atoms with Crippen molar-refractivity contribution in [3.05, 3.63) is 38.9 Å². The second-order valence-electron chi connectivity index (χ2n) is 5.40. The molecule has 1 aliphatic rings. The summed E-state index contributed by atoms with van der Waals surface area (Å²) in [6.45, 7) is 2.18. The zero-order valence-corrected chi connectivity index (χ0v) is 12.6. The van der Waals surface area contributed by atoms with Crippen LogP contribution < -0.4 is 0 Å². The molecular formula is C14H15ClN2O5. The lowest BCUT2D eigenvalue weighted by atomic mass is 9.91. The van der Waals surface area contributed by atoms with E-state index >= 15 is 0 Å². The van der Waals surface area contributed by atoms with Crippen molar-refractivity contribution in [2.24, 2.45) is 5.92 Å². The lowest BCUT2D eigenvalue weighted by molar-refractivity contribution is -0.385. The lowest BCUT2D eigenvalue weighted by Gasteiger charge is -2.35. The number of nitrogens with zero attached hydrogens (tertiary/aromatic N) is 2. The minimum atomic E-state index is -1.10. The molecule has 0 aromatic heterocycles. The number of nitro benzene ring substituents is 1. The number of carbonyl (C=O) groups excluding carboxylic acids is 1. The first-order chi connectivity index (χ1) is 10.3. The number of carboxylic acid groups (broad SMARTS) is 1. The van der Waals surface area contributed by atoms with Gasteiger partial charge in [-0.25, -0.2) is 4.79 Å². The third-order valence-electron chi connectivity index (χ3n) is 3.80. The van der Waals surface area contributed by atoms with Gasteiger partial charge in [-0.3, -0.25) is 14.9 Å². The summed E-state index contributed by atoms with van der Waals surface area (Å²) in [5.74, 6) is -1.57. The van der Waals surface area contributed by atoms with Gasteiger partial charge in [-0.05, 0) is 30.9 Å². The average molecular weight is 327 g/mol. The molecule has 0 aliphatic carbocycles. The Balaban J connectivity index is 2.38. The Labute approximate surface area is 131 Å². The standard InChI is InChI=1S/C14H15ClN2O5/c1-8-4-5-16(12(6-8)14(19)20)13(18)10-3-2-9(15)7-11(10)17(21)22/h2-3,7-8,12H,4-6H2,1H3,(H,19,20). The molecule has 22 heavy (non-hydrogen) atoms. The van der Waals surface area contributed by atoms with Gasteiger partial charge in [0.15, 0.2) is 0 Å². The van der Waals surface area contributed by atoms with E-state index < -0.39 is 28.5 Å². The van der Waals surface area contributed by atoms with Crippen molar-refractivity contribution in [1.29, 1.82) is 0 Å². The fourth-order valence-electron chi connectivity index (χ4n) is 2.61. The molecule has 0 saturated carbocycles. The van der Waals surface area contributed by atoms with Crippen LogP contribution in [0.25, 0.3) is 0 Å². The number of halogens is 1. The van der Waals surface area contributed by atoms with Gasteiger partial charge in [0.1, 0.15) is 11.6 Å². The SMILES string of the molecule is CC1CCN(C(=O)c2ccc(Cl)cc2[N+](=O)[O-])C(C(=O)O)C1. The highest BCUT2D eigenvalue weighted by molar-refractivity contribution is 6.31. The van der Waals surface area contributed by atoms with Crippen molar-refractivity contribution in [2.45, 2.75) is 25.8 Å². The molecule has 1 fully saturated rings. The molecule has 2 rings (SSSR count). The van der Waals surface area contributed by atoms with Gasteiger partial charge in [-0.2, -0.15) is 0 Å². The summed E-state index contributed by atoms with van der Waals surface area (Å²) in [5.41, 5.74) is -0.560. The van der Waals surface area contributed by atoms with Gasteiger partial charge >= 0.3 is 5.97 Å². The Morgan fingerprint density at radius 3 is 2.73 bits per heavy atom. The van der Waals surface area contributed by atoms with Crippen molar-refractivity contribution in [2.75, 3.05) is 6.54 Å². The Bertz CT molecular complexity index is 634. The summed E-state index contributed by atoms with van der Waals surface area (Å²) < 4.78 is 0. The molecule has 0 bridgehead atoms. The predicted molar refractivity (Wildman–Crippen MR) is 79.0 cm³/mol. The van der Waals surface area contributed by atoms with E-state index in [1.54, 1.807) is 0 Å². The summed E-state index contributed by atoms with van der Waals surface area (Å²) in [6, 6.07) is 2.77. The second kappa shape index (κ2) is 6.31. The molecule has 1 heterocycles. The molecule has 1 aliphatic heterocycles. The maximum Gasteiger partial charge on any atom is 0.326 e.